The molecule has 2 heterocycles. The fourth-order valence-corrected chi connectivity index (χ4v) is 2.59. The lowest BCUT2D eigenvalue weighted by atomic mass is 10.0. The van der Waals surface area contributed by atoms with Gasteiger partial charge in [-0.3, -0.25) is 9.88 Å². The minimum atomic E-state index is 0.658. The van der Waals surface area contributed by atoms with E-state index < -0.39 is 0 Å². The van der Waals surface area contributed by atoms with Crippen LogP contribution in [0.3, 0.4) is 0 Å². The minimum Gasteiger partial charge on any atom is -0.310 e. The third-order valence-corrected chi connectivity index (χ3v) is 4.06. The molecular formula is C17H27N3. The Morgan fingerprint density at radius 1 is 1.40 bits per heavy atom. The fraction of sp³-hybridized carbons (Fsp3) is 0.588. The molecule has 1 fully saturated rings. The SMILES string of the molecule is CC(C)=CCN1CCC(NCc2ccncc2C)CC1. The van der Waals surface area contributed by atoms with Crippen LogP contribution in [0, 0.1) is 6.92 Å². The van der Waals surface area contributed by atoms with Gasteiger partial charge in [0.1, 0.15) is 0 Å². The van der Waals surface area contributed by atoms with Crippen molar-refractivity contribution in [2.75, 3.05) is 19.6 Å². The lowest BCUT2D eigenvalue weighted by Crippen LogP contribution is -2.42. The molecule has 110 valence electrons. The van der Waals surface area contributed by atoms with Gasteiger partial charge in [0.05, 0.1) is 0 Å². The number of nitrogens with one attached hydrogen (secondary N) is 1. The number of hydrogen-bond donors (Lipinski definition) is 1. The first kappa shape index (κ1) is 15.2. The van der Waals surface area contributed by atoms with E-state index in [0.29, 0.717) is 6.04 Å². The van der Waals surface area contributed by atoms with E-state index in [2.05, 4.69) is 48.1 Å². The predicted octanol–water partition coefficient (Wildman–Crippen LogP) is 2.91. The predicted molar refractivity (Wildman–Crippen MR) is 84.7 cm³/mol. The van der Waals surface area contributed by atoms with Crippen LogP contribution in [0.15, 0.2) is 30.1 Å². The molecule has 0 amide bonds. The van der Waals surface area contributed by atoms with Gasteiger partial charge in [-0.25, -0.2) is 0 Å². The summed E-state index contributed by atoms with van der Waals surface area (Å²) in [6.07, 6.45) is 8.65. The summed E-state index contributed by atoms with van der Waals surface area (Å²) in [6.45, 7) is 11.0. The smallest absolute Gasteiger partial charge is 0.0300 e. The molecule has 0 bridgehead atoms. The molecule has 1 aliphatic rings. The normalized spacial score (nSPS) is 17.1. The number of nitrogens with zero attached hydrogens (tertiary/aromatic N) is 2. The molecule has 0 spiro atoms. The monoisotopic (exact) mass is 273 g/mol. The molecule has 1 aromatic heterocycles. The Kier molecular flexibility index (Phi) is 5.74. The van der Waals surface area contributed by atoms with Crippen molar-refractivity contribution in [3.05, 3.63) is 41.2 Å². The molecule has 1 aliphatic heterocycles. The number of aromatic nitrogens is 1. The number of hydrogen-bond acceptors (Lipinski definition) is 3. The van der Waals surface area contributed by atoms with E-state index in [1.54, 1.807) is 0 Å². The maximum absolute atomic E-state index is 4.14. The van der Waals surface area contributed by atoms with E-state index in [1.807, 2.05) is 12.4 Å². The Labute approximate surface area is 123 Å². The quantitative estimate of drug-likeness (QED) is 0.836. The van der Waals surface area contributed by atoms with E-state index in [0.717, 1.165) is 13.1 Å². The van der Waals surface area contributed by atoms with Crippen molar-refractivity contribution in [2.24, 2.45) is 0 Å². The Bertz CT molecular complexity index is 441. The van der Waals surface area contributed by atoms with Crippen LogP contribution in [-0.4, -0.2) is 35.6 Å². The summed E-state index contributed by atoms with van der Waals surface area (Å²) < 4.78 is 0. The Hall–Kier alpha value is -1.19. The number of likely N-dealkylation sites (tertiary alicyclic amines) is 1. The highest BCUT2D eigenvalue weighted by molar-refractivity contribution is 5.21. The highest BCUT2D eigenvalue weighted by atomic mass is 15.1. The summed E-state index contributed by atoms with van der Waals surface area (Å²) in [7, 11) is 0. The van der Waals surface area contributed by atoms with E-state index in [4.69, 9.17) is 0 Å². The Morgan fingerprint density at radius 2 is 2.15 bits per heavy atom. The number of allylic oxidation sites excluding steroid dienone is 1. The molecule has 0 radical (unpaired) electrons. The average molecular weight is 273 g/mol. The van der Waals surface area contributed by atoms with Gasteiger partial charge in [0, 0.05) is 31.5 Å². The highest BCUT2D eigenvalue weighted by Gasteiger charge is 2.17. The van der Waals surface area contributed by atoms with Gasteiger partial charge in [-0.15, -0.1) is 0 Å². The van der Waals surface area contributed by atoms with Gasteiger partial charge in [0.25, 0.3) is 0 Å². The standard InChI is InChI=1S/C17H27N3/c1-14(2)5-9-20-10-6-17(7-11-20)19-13-16-4-8-18-12-15(16)3/h4-5,8,12,17,19H,6-7,9-11,13H2,1-3H3. The zero-order valence-electron chi connectivity index (χ0n) is 13.0. The Morgan fingerprint density at radius 3 is 2.80 bits per heavy atom. The van der Waals surface area contributed by atoms with E-state index >= 15 is 0 Å². The van der Waals surface area contributed by atoms with Crippen molar-refractivity contribution in [3.63, 3.8) is 0 Å². The molecular weight excluding hydrogens is 246 g/mol. The van der Waals surface area contributed by atoms with Crippen LogP contribution in [0.4, 0.5) is 0 Å². The summed E-state index contributed by atoms with van der Waals surface area (Å²) in [6, 6.07) is 2.78. The summed E-state index contributed by atoms with van der Waals surface area (Å²) in [4.78, 5) is 6.69. The second-order valence-corrected chi connectivity index (χ2v) is 6.04. The molecule has 1 saturated heterocycles. The summed E-state index contributed by atoms with van der Waals surface area (Å²) in [5.74, 6) is 0. The molecule has 3 heteroatoms. The van der Waals surface area contributed by atoms with Crippen molar-refractivity contribution in [2.45, 2.75) is 46.2 Å². The summed E-state index contributed by atoms with van der Waals surface area (Å²) in [5, 5.41) is 3.69. The lowest BCUT2D eigenvalue weighted by Gasteiger charge is -2.32. The molecule has 3 nitrogen and oxygen atoms in total. The molecule has 20 heavy (non-hydrogen) atoms. The van der Waals surface area contributed by atoms with Gasteiger partial charge in [0.2, 0.25) is 0 Å². The second-order valence-electron chi connectivity index (χ2n) is 6.04. The van der Waals surface area contributed by atoms with Crippen LogP contribution >= 0.6 is 0 Å². The van der Waals surface area contributed by atoms with Crippen LogP contribution in [0.2, 0.25) is 0 Å². The molecule has 1 aromatic rings. The van der Waals surface area contributed by atoms with Crippen LogP contribution in [-0.2, 0) is 6.54 Å². The van der Waals surface area contributed by atoms with Gasteiger partial charge in [-0.1, -0.05) is 11.6 Å². The number of pyridine rings is 1. The topological polar surface area (TPSA) is 28.2 Å². The Balaban J connectivity index is 1.72. The van der Waals surface area contributed by atoms with Gasteiger partial charge < -0.3 is 5.32 Å². The summed E-state index contributed by atoms with van der Waals surface area (Å²) in [5.41, 5.74) is 4.06. The van der Waals surface area contributed by atoms with Crippen molar-refractivity contribution in [1.82, 2.24) is 15.2 Å². The van der Waals surface area contributed by atoms with Gasteiger partial charge in [-0.05, 0) is 63.9 Å². The average Bonchev–Trinajstić information content (AvgIpc) is 2.45. The number of piperidine rings is 1. The van der Waals surface area contributed by atoms with Crippen LogP contribution in [0.1, 0.15) is 37.8 Å². The zero-order chi connectivity index (χ0) is 14.4. The van der Waals surface area contributed by atoms with E-state index in [1.165, 1.54) is 42.6 Å². The molecule has 0 unspecified atom stereocenters. The largest absolute Gasteiger partial charge is 0.310 e. The molecule has 0 aliphatic carbocycles. The zero-order valence-corrected chi connectivity index (χ0v) is 13.0. The molecule has 1 N–H and O–H groups in total. The van der Waals surface area contributed by atoms with Crippen molar-refractivity contribution >= 4 is 0 Å². The van der Waals surface area contributed by atoms with Crippen molar-refractivity contribution < 1.29 is 0 Å². The van der Waals surface area contributed by atoms with Crippen molar-refractivity contribution in [1.29, 1.82) is 0 Å². The third kappa shape index (κ3) is 4.73. The van der Waals surface area contributed by atoms with Gasteiger partial charge in [0.15, 0.2) is 0 Å². The number of rotatable bonds is 5. The lowest BCUT2D eigenvalue weighted by molar-refractivity contribution is 0.214. The fourth-order valence-electron chi connectivity index (χ4n) is 2.59. The van der Waals surface area contributed by atoms with E-state index in [9.17, 15) is 0 Å². The van der Waals surface area contributed by atoms with Gasteiger partial charge in [-0.2, -0.15) is 0 Å². The van der Waals surface area contributed by atoms with Gasteiger partial charge >= 0.3 is 0 Å². The van der Waals surface area contributed by atoms with E-state index in [-0.39, 0.29) is 0 Å². The van der Waals surface area contributed by atoms with Crippen LogP contribution in [0.25, 0.3) is 0 Å². The van der Waals surface area contributed by atoms with Crippen molar-refractivity contribution in [3.8, 4) is 0 Å². The first-order valence-electron chi connectivity index (χ1n) is 7.63. The minimum absolute atomic E-state index is 0.658. The summed E-state index contributed by atoms with van der Waals surface area (Å²) >= 11 is 0. The molecule has 0 atom stereocenters. The maximum atomic E-state index is 4.14. The van der Waals surface area contributed by atoms with Crippen LogP contribution < -0.4 is 5.32 Å². The first-order valence-corrected chi connectivity index (χ1v) is 7.63. The molecule has 0 saturated carbocycles. The third-order valence-electron chi connectivity index (χ3n) is 4.06. The molecule has 0 aromatic carbocycles. The van der Waals surface area contributed by atoms with Crippen LogP contribution in [0.5, 0.6) is 0 Å². The maximum Gasteiger partial charge on any atom is 0.0300 e. The first-order chi connectivity index (χ1) is 9.65. The second kappa shape index (κ2) is 7.55. The molecule has 2 rings (SSSR count). The number of aryl methyl sites for hydroxylation is 1. The highest BCUT2D eigenvalue weighted by Crippen LogP contribution is 2.12.